The number of imidazole rings is 1. The van der Waals surface area contributed by atoms with E-state index in [1.54, 1.807) is 17.9 Å². The molecular formula is C32H39N3O5. The van der Waals surface area contributed by atoms with Crippen molar-refractivity contribution in [2.75, 3.05) is 13.2 Å². The molecule has 8 nitrogen and oxygen atoms in total. The van der Waals surface area contributed by atoms with E-state index in [4.69, 9.17) is 14.5 Å². The fourth-order valence-corrected chi connectivity index (χ4v) is 5.17. The molecule has 2 aromatic carbocycles. The monoisotopic (exact) mass is 545 g/mol. The van der Waals surface area contributed by atoms with Crippen LogP contribution >= 0.6 is 0 Å². The minimum absolute atomic E-state index is 0.165. The number of fused-ring (bicyclic) bond motifs is 1. The van der Waals surface area contributed by atoms with Gasteiger partial charge < -0.3 is 18.9 Å². The van der Waals surface area contributed by atoms with E-state index >= 15 is 0 Å². The minimum Gasteiger partial charge on any atom is -0.464 e. The second-order valence-corrected chi connectivity index (χ2v) is 11.1. The predicted octanol–water partition coefficient (Wildman–Crippen LogP) is 5.52. The van der Waals surface area contributed by atoms with Crippen molar-refractivity contribution >= 4 is 17.8 Å². The maximum Gasteiger partial charge on any atom is 0.339 e. The first-order valence-electron chi connectivity index (χ1n) is 14.0. The van der Waals surface area contributed by atoms with Crippen molar-refractivity contribution < 1.29 is 23.9 Å². The first kappa shape index (κ1) is 29.1. The number of aromatic nitrogens is 2. The van der Waals surface area contributed by atoms with Gasteiger partial charge in [-0.2, -0.15) is 0 Å². The second kappa shape index (κ2) is 12.1. The first-order chi connectivity index (χ1) is 19.0. The van der Waals surface area contributed by atoms with E-state index in [2.05, 4.69) is 11.5 Å². The molecule has 8 heteroatoms. The molecule has 212 valence electrons. The van der Waals surface area contributed by atoms with Gasteiger partial charge >= 0.3 is 11.9 Å². The Hall–Kier alpha value is -3.94. The van der Waals surface area contributed by atoms with Crippen molar-refractivity contribution in [1.29, 1.82) is 0 Å². The SMILES string of the molecule is CCCc1nc2c(n1Cc1ccc(-c3ccccc3C(=O)OC(C)(C)C)cc1)C(C(=O)OCC)N(C(C)=O)CC2. The van der Waals surface area contributed by atoms with Gasteiger partial charge in [0, 0.05) is 32.9 Å². The van der Waals surface area contributed by atoms with Crippen LogP contribution < -0.4 is 0 Å². The highest BCUT2D eigenvalue weighted by Gasteiger charge is 2.40. The van der Waals surface area contributed by atoms with Crippen molar-refractivity contribution in [3.63, 3.8) is 0 Å². The lowest BCUT2D eigenvalue weighted by atomic mass is 9.98. The molecule has 1 aliphatic heterocycles. The zero-order valence-corrected chi connectivity index (χ0v) is 24.3. The van der Waals surface area contributed by atoms with Crippen molar-refractivity contribution in [1.82, 2.24) is 14.5 Å². The summed E-state index contributed by atoms with van der Waals surface area (Å²) in [5.41, 5.74) is 4.23. The van der Waals surface area contributed by atoms with E-state index in [0.717, 1.165) is 46.7 Å². The zero-order chi connectivity index (χ0) is 29.0. The summed E-state index contributed by atoms with van der Waals surface area (Å²) in [5, 5.41) is 0. The van der Waals surface area contributed by atoms with Crippen LogP contribution in [-0.4, -0.2) is 51.0 Å². The van der Waals surface area contributed by atoms with E-state index < -0.39 is 17.6 Å². The molecule has 2 heterocycles. The molecule has 1 unspecified atom stereocenters. The van der Waals surface area contributed by atoms with E-state index in [0.29, 0.717) is 25.1 Å². The van der Waals surface area contributed by atoms with Gasteiger partial charge in [0.2, 0.25) is 5.91 Å². The highest BCUT2D eigenvalue weighted by Crippen LogP contribution is 2.33. The van der Waals surface area contributed by atoms with Crippen LogP contribution in [0.15, 0.2) is 48.5 Å². The number of aryl methyl sites for hydroxylation is 1. The Morgan fingerprint density at radius 2 is 1.73 bits per heavy atom. The number of hydrogen-bond donors (Lipinski definition) is 0. The molecule has 3 aromatic rings. The lowest BCUT2D eigenvalue weighted by Gasteiger charge is -2.34. The minimum atomic E-state index is -0.820. The summed E-state index contributed by atoms with van der Waals surface area (Å²) >= 11 is 0. The van der Waals surface area contributed by atoms with Gasteiger partial charge in [0.1, 0.15) is 11.4 Å². The molecule has 1 aliphatic rings. The molecule has 0 saturated heterocycles. The van der Waals surface area contributed by atoms with Crippen molar-refractivity contribution in [2.45, 2.75) is 79.0 Å². The molecule has 0 fully saturated rings. The van der Waals surface area contributed by atoms with Gasteiger partial charge in [0.15, 0.2) is 6.04 Å². The molecule has 0 radical (unpaired) electrons. The average Bonchev–Trinajstić information content (AvgIpc) is 3.24. The number of benzene rings is 2. The third kappa shape index (κ3) is 6.27. The van der Waals surface area contributed by atoms with Crippen LogP contribution in [0.4, 0.5) is 0 Å². The number of carbonyl (C=O) groups excluding carboxylic acids is 3. The standard InChI is InChI=1S/C32H39N3O5/c1-7-11-27-33-26-18-19-34(21(3)36)29(31(38)39-8-2)28(26)35(27)20-22-14-16-23(17-15-22)24-12-9-10-13-25(24)30(37)40-32(4,5)6/h9-10,12-17,29H,7-8,11,18-20H2,1-6H3. The number of amides is 1. The molecular weight excluding hydrogens is 506 g/mol. The van der Waals surface area contributed by atoms with Crippen molar-refractivity contribution in [3.05, 3.63) is 76.9 Å². The Balaban J connectivity index is 1.70. The Morgan fingerprint density at radius 3 is 2.35 bits per heavy atom. The zero-order valence-electron chi connectivity index (χ0n) is 24.3. The maximum atomic E-state index is 13.1. The Bertz CT molecular complexity index is 1380. The van der Waals surface area contributed by atoms with Crippen molar-refractivity contribution in [2.24, 2.45) is 0 Å². The first-order valence-corrected chi connectivity index (χ1v) is 14.0. The Labute approximate surface area is 236 Å². The van der Waals surface area contributed by atoms with Gasteiger partial charge in [-0.25, -0.2) is 14.6 Å². The molecule has 40 heavy (non-hydrogen) atoms. The van der Waals surface area contributed by atoms with Crippen LogP contribution in [0.1, 0.15) is 87.1 Å². The molecule has 0 saturated carbocycles. The van der Waals surface area contributed by atoms with Crippen LogP contribution in [0.2, 0.25) is 0 Å². The lowest BCUT2D eigenvalue weighted by Crippen LogP contribution is -2.44. The van der Waals surface area contributed by atoms with Gasteiger partial charge in [-0.1, -0.05) is 49.4 Å². The lowest BCUT2D eigenvalue weighted by molar-refractivity contribution is -0.155. The summed E-state index contributed by atoms with van der Waals surface area (Å²) in [4.78, 5) is 45.0. The highest BCUT2D eigenvalue weighted by molar-refractivity contribution is 5.97. The van der Waals surface area contributed by atoms with E-state index in [1.807, 2.05) is 63.2 Å². The normalized spacial score (nSPS) is 14.9. The van der Waals surface area contributed by atoms with Crippen LogP contribution in [0.25, 0.3) is 11.1 Å². The Kier molecular flexibility index (Phi) is 8.76. The molecule has 0 spiro atoms. The van der Waals surface area contributed by atoms with Crippen molar-refractivity contribution in [3.8, 4) is 11.1 Å². The molecule has 4 rings (SSSR count). The van der Waals surface area contributed by atoms with Gasteiger partial charge in [0.25, 0.3) is 0 Å². The van der Waals surface area contributed by atoms with E-state index in [9.17, 15) is 14.4 Å². The summed E-state index contributed by atoms with van der Waals surface area (Å²) in [6.45, 7) is 12.1. The van der Waals surface area contributed by atoms with Gasteiger partial charge in [-0.05, 0) is 56.9 Å². The summed E-state index contributed by atoms with van der Waals surface area (Å²) < 4.78 is 13.1. The quantitative estimate of drug-likeness (QED) is 0.347. The number of rotatable bonds is 8. The van der Waals surface area contributed by atoms with Crippen LogP contribution in [-0.2, 0) is 38.4 Å². The smallest absolute Gasteiger partial charge is 0.339 e. The fraction of sp³-hybridized carbons (Fsp3) is 0.438. The largest absolute Gasteiger partial charge is 0.464 e. The van der Waals surface area contributed by atoms with Gasteiger partial charge in [-0.15, -0.1) is 0 Å². The summed E-state index contributed by atoms with van der Waals surface area (Å²) in [6.07, 6.45) is 2.25. The molecule has 0 aliphatic carbocycles. The number of esters is 2. The van der Waals surface area contributed by atoms with Crippen LogP contribution in [0.5, 0.6) is 0 Å². The number of hydrogen-bond acceptors (Lipinski definition) is 6. The van der Waals surface area contributed by atoms with Crippen LogP contribution in [0.3, 0.4) is 0 Å². The third-order valence-corrected chi connectivity index (χ3v) is 6.86. The number of nitrogens with zero attached hydrogens (tertiary/aromatic N) is 3. The number of ether oxygens (including phenoxy) is 2. The fourth-order valence-electron chi connectivity index (χ4n) is 5.17. The van der Waals surface area contributed by atoms with Gasteiger partial charge in [0.05, 0.1) is 23.6 Å². The average molecular weight is 546 g/mol. The Morgan fingerprint density at radius 1 is 1.02 bits per heavy atom. The third-order valence-electron chi connectivity index (χ3n) is 6.86. The topological polar surface area (TPSA) is 90.7 Å². The summed E-state index contributed by atoms with van der Waals surface area (Å²) in [6, 6.07) is 14.6. The molecule has 1 atom stereocenters. The van der Waals surface area contributed by atoms with Crippen LogP contribution in [0, 0.1) is 0 Å². The van der Waals surface area contributed by atoms with E-state index in [1.165, 1.54) is 6.92 Å². The summed E-state index contributed by atoms with van der Waals surface area (Å²) in [7, 11) is 0. The van der Waals surface area contributed by atoms with Gasteiger partial charge in [-0.3, -0.25) is 4.79 Å². The van der Waals surface area contributed by atoms with E-state index in [-0.39, 0.29) is 18.5 Å². The number of carbonyl (C=O) groups is 3. The molecule has 1 aromatic heterocycles. The molecule has 0 bridgehead atoms. The summed E-state index contributed by atoms with van der Waals surface area (Å²) in [5.74, 6) is -0.0635. The molecule has 0 N–H and O–H groups in total. The predicted molar refractivity (Wildman–Crippen MR) is 153 cm³/mol. The molecule has 1 amide bonds. The maximum absolute atomic E-state index is 13.1. The second-order valence-electron chi connectivity index (χ2n) is 11.1. The highest BCUT2D eigenvalue weighted by atomic mass is 16.6.